The van der Waals surface area contributed by atoms with Gasteiger partial charge in [-0.2, -0.15) is 0 Å². The summed E-state index contributed by atoms with van der Waals surface area (Å²) in [7, 11) is 0. The van der Waals surface area contributed by atoms with Gasteiger partial charge in [0, 0.05) is 24.2 Å². The molecule has 2 N–H and O–H groups in total. The van der Waals surface area contributed by atoms with Gasteiger partial charge in [0.1, 0.15) is 11.6 Å². The summed E-state index contributed by atoms with van der Waals surface area (Å²) in [5.41, 5.74) is 0.257. The Bertz CT molecular complexity index is 951. The third-order valence-corrected chi connectivity index (χ3v) is 7.56. The maximum Gasteiger partial charge on any atom is 0.323 e. The molecule has 1 aliphatic rings. The second-order valence-corrected chi connectivity index (χ2v) is 10.3. The molecule has 3 rings (SSSR count). The van der Waals surface area contributed by atoms with Gasteiger partial charge in [0.25, 0.3) is 0 Å². The number of carbonyl (C=O) groups is 2. The van der Waals surface area contributed by atoms with Gasteiger partial charge in [-0.3, -0.25) is 10.1 Å². The van der Waals surface area contributed by atoms with E-state index in [0.717, 1.165) is 43.5 Å². The van der Waals surface area contributed by atoms with Crippen LogP contribution in [0.5, 0.6) is 0 Å². The van der Waals surface area contributed by atoms with Crippen molar-refractivity contribution in [1.29, 1.82) is 0 Å². The topological polar surface area (TPSA) is 91.8 Å². The van der Waals surface area contributed by atoms with Crippen LogP contribution >= 0.6 is 23.1 Å². The lowest BCUT2D eigenvalue weighted by Gasteiger charge is -2.36. The Hall–Kier alpha value is -2.24. The van der Waals surface area contributed by atoms with Gasteiger partial charge in [0.15, 0.2) is 5.13 Å². The van der Waals surface area contributed by atoms with Crippen LogP contribution in [0.1, 0.15) is 38.2 Å². The standard InChI is InChI=1S/C22H27F2N3O4S2/c1-14-2-6-17(7-3-14)27(8-9-31-12-15-4-5-16(23)10-18(15)24)22(30)26-21-25-11-20(33-21)32-13-19(28)29/h4-5,10-11,14,17H,2-3,6-9,12-13H2,1H3,(H,28,29)(H,25,26,30). The molecule has 11 heteroatoms. The average molecular weight is 500 g/mol. The molecule has 7 nitrogen and oxygen atoms in total. The van der Waals surface area contributed by atoms with E-state index in [-0.39, 0.29) is 36.6 Å². The maximum absolute atomic E-state index is 13.8. The lowest BCUT2D eigenvalue weighted by atomic mass is 9.86. The molecule has 1 aromatic carbocycles. The number of halogens is 2. The minimum atomic E-state index is -0.919. The number of carboxylic acid groups (broad SMARTS) is 1. The van der Waals surface area contributed by atoms with E-state index in [9.17, 15) is 18.4 Å². The van der Waals surface area contributed by atoms with Crippen LogP contribution < -0.4 is 5.32 Å². The molecular formula is C22H27F2N3O4S2. The second kappa shape index (κ2) is 12.3. The van der Waals surface area contributed by atoms with Crippen LogP contribution in [0.3, 0.4) is 0 Å². The molecule has 0 bridgehead atoms. The number of amides is 2. The highest BCUT2D eigenvalue weighted by Gasteiger charge is 2.28. The van der Waals surface area contributed by atoms with E-state index in [1.54, 1.807) is 11.1 Å². The third kappa shape index (κ3) is 7.94. The SMILES string of the molecule is CC1CCC(N(CCOCc2ccc(F)cc2F)C(=O)Nc2ncc(SCC(=O)O)s2)CC1. The first-order valence-corrected chi connectivity index (χ1v) is 12.5. The number of urea groups is 1. The van der Waals surface area contributed by atoms with Crippen LogP contribution in [0.15, 0.2) is 28.6 Å². The number of carboxylic acids is 1. The summed E-state index contributed by atoms with van der Waals surface area (Å²) in [5.74, 6) is -1.68. The van der Waals surface area contributed by atoms with Crippen molar-refractivity contribution >= 4 is 40.2 Å². The van der Waals surface area contributed by atoms with E-state index < -0.39 is 17.6 Å². The largest absolute Gasteiger partial charge is 0.481 e. The normalized spacial score (nSPS) is 18.2. The van der Waals surface area contributed by atoms with E-state index in [1.807, 2.05) is 0 Å². The Kier molecular flexibility index (Phi) is 9.45. The molecule has 33 heavy (non-hydrogen) atoms. The Morgan fingerprint density at radius 1 is 1.30 bits per heavy atom. The van der Waals surface area contributed by atoms with E-state index >= 15 is 0 Å². The van der Waals surface area contributed by atoms with Crippen LogP contribution in [-0.2, 0) is 16.1 Å². The number of anilines is 1. The summed E-state index contributed by atoms with van der Waals surface area (Å²) in [6.45, 7) is 2.71. The van der Waals surface area contributed by atoms with Crippen molar-refractivity contribution in [2.45, 2.75) is 49.5 Å². The summed E-state index contributed by atoms with van der Waals surface area (Å²) < 4.78 is 33.1. The zero-order valence-electron chi connectivity index (χ0n) is 18.3. The van der Waals surface area contributed by atoms with E-state index in [0.29, 0.717) is 21.8 Å². The number of aromatic nitrogens is 1. The fraction of sp³-hybridized carbons (Fsp3) is 0.500. The zero-order valence-corrected chi connectivity index (χ0v) is 19.9. The number of carbonyl (C=O) groups excluding carboxylic acids is 1. The monoisotopic (exact) mass is 499 g/mol. The molecule has 1 fully saturated rings. The smallest absolute Gasteiger partial charge is 0.323 e. The molecule has 180 valence electrons. The number of rotatable bonds is 10. The number of ether oxygens (including phenoxy) is 1. The Labute approximate surface area is 199 Å². The molecule has 0 atom stereocenters. The highest BCUT2D eigenvalue weighted by atomic mass is 32.2. The Balaban J connectivity index is 1.57. The van der Waals surface area contributed by atoms with Crippen molar-refractivity contribution in [1.82, 2.24) is 9.88 Å². The lowest BCUT2D eigenvalue weighted by Crippen LogP contribution is -2.46. The van der Waals surface area contributed by atoms with Crippen LogP contribution in [-0.4, -0.2) is 51.9 Å². The number of hydrogen-bond acceptors (Lipinski definition) is 6. The molecule has 1 heterocycles. The quantitative estimate of drug-likeness (QED) is 0.344. The van der Waals surface area contributed by atoms with Gasteiger partial charge in [-0.05, 0) is 37.7 Å². The molecule has 1 aromatic heterocycles. The highest BCUT2D eigenvalue weighted by molar-refractivity contribution is 8.01. The lowest BCUT2D eigenvalue weighted by molar-refractivity contribution is -0.133. The van der Waals surface area contributed by atoms with E-state index in [2.05, 4.69) is 17.2 Å². The fourth-order valence-corrected chi connectivity index (χ4v) is 5.25. The van der Waals surface area contributed by atoms with Gasteiger partial charge < -0.3 is 14.7 Å². The Morgan fingerprint density at radius 3 is 2.76 bits per heavy atom. The Morgan fingerprint density at radius 2 is 2.06 bits per heavy atom. The number of nitrogens with one attached hydrogen (secondary N) is 1. The zero-order chi connectivity index (χ0) is 23.8. The molecule has 0 saturated heterocycles. The van der Waals surface area contributed by atoms with Crippen LogP contribution in [0.25, 0.3) is 0 Å². The minimum absolute atomic E-state index is 0.0140. The summed E-state index contributed by atoms with van der Waals surface area (Å²) in [5, 5.41) is 12.0. The molecule has 0 unspecified atom stereocenters. The molecule has 2 amide bonds. The van der Waals surface area contributed by atoms with Gasteiger partial charge in [-0.15, -0.1) is 11.8 Å². The summed E-state index contributed by atoms with van der Waals surface area (Å²) in [6, 6.07) is 3.11. The third-order valence-electron chi connectivity index (χ3n) is 5.47. The summed E-state index contributed by atoms with van der Waals surface area (Å²) >= 11 is 2.37. The fourth-order valence-electron chi connectivity index (χ4n) is 3.67. The molecule has 0 aliphatic heterocycles. The minimum Gasteiger partial charge on any atom is -0.481 e. The number of aliphatic carboxylic acids is 1. The summed E-state index contributed by atoms with van der Waals surface area (Å²) in [4.78, 5) is 29.7. The van der Waals surface area contributed by atoms with Crippen molar-refractivity contribution in [3.8, 4) is 0 Å². The first kappa shape index (κ1) is 25.4. The highest BCUT2D eigenvalue weighted by Crippen LogP contribution is 2.30. The molecule has 1 aliphatic carbocycles. The number of thioether (sulfide) groups is 1. The van der Waals surface area contributed by atoms with Crippen LogP contribution in [0.2, 0.25) is 0 Å². The predicted molar refractivity (Wildman–Crippen MR) is 124 cm³/mol. The molecule has 0 spiro atoms. The van der Waals surface area contributed by atoms with Gasteiger partial charge >= 0.3 is 12.0 Å². The van der Waals surface area contributed by atoms with Gasteiger partial charge in [-0.25, -0.2) is 18.6 Å². The van der Waals surface area contributed by atoms with Crippen molar-refractivity contribution in [2.75, 3.05) is 24.2 Å². The first-order chi connectivity index (χ1) is 15.8. The average Bonchev–Trinajstić information content (AvgIpc) is 3.21. The second-order valence-electron chi connectivity index (χ2n) is 7.99. The van der Waals surface area contributed by atoms with Crippen molar-refractivity contribution in [3.05, 3.63) is 41.6 Å². The molecule has 0 radical (unpaired) electrons. The number of hydrogen-bond donors (Lipinski definition) is 2. The van der Waals surface area contributed by atoms with Crippen molar-refractivity contribution in [2.24, 2.45) is 5.92 Å². The number of benzene rings is 1. The molecular weight excluding hydrogens is 472 g/mol. The van der Waals surface area contributed by atoms with Gasteiger partial charge in [0.2, 0.25) is 0 Å². The summed E-state index contributed by atoms with van der Waals surface area (Å²) in [6.07, 6.45) is 5.38. The molecule has 1 saturated carbocycles. The van der Waals surface area contributed by atoms with Crippen molar-refractivity contribution < 1.29 is 28.2 Å². The van der Waals surface area contributed by atoms with E-state index in [4.69, 9.17) is 9.84 Å². The number of thiazole rings is 1. The van der Waals surface area contributed by atoms with Gasteiger partial charge in [0.05, 0.1) is 29.4 Å². The van der Waals surface area contributed by atoms with E-state index in [1.165, 1.54) is 23.5 Å². The first-order valence-electron chi connectivity index (χ1n) is 10.7. The van der Waals surface area contributed by atoms with Crippen LogP contribution in [0, 0.1) is 17.6 Å². The maximum atomic E-state index is 13.8. The predicted octanol–water partition coefficient (Wildman–Crippen LogP) is 5.23. The van der Waals surface area contributed by atoms with Gasteiger partial charge in [-0.1, -0.05) is 24.3 Å². The van der Waals surface area contributed by atoms with Crippen molar-refractivity contribution in [3.63, 3.8) is 0 Å². The number of nitrogens with zero attached hydrogens (tertiary/aromatic N) is 2. The molecule has 2 aromatic rings. The van der Waals surface area contributed by atoms with Crippen LogP contribution in [0.4, 0.5) is 18.7 Å².